The summed E-state index contributed by atoms with van der Waals surface area (Å²) in [7, 11) is 0. The van der Waals surface area contributed by atoms with Crippen LogP contribution >= 0.6 is 0 Å². The van der Waals surface area contributed by atoms with Crippen molar-refractivity contribution >= 4 is 0 Å². The van der Waals surface area contributed by atoms with Gasteiger partial charge in [-0.15, -0.1) is 0 Å². The van der Waals surface area contributed by atoms with Crippen LogP contribution in [0.2, 0.25) is 0 Å². The average Bonchev–Trinajstić information content (AvgIpc) is 2.78. The molecule has 5 atom stereocenters. The molecule has 2 fully saturated rings. The molecule has 2 nitrogen and oxygen atoms in total. The summed E-state index contributed by atoms with van der Waals surface area (Å²) < 4.78 is 0. The molecule has 2 saturated heterocycles. The molecular formula is C30H44N2. The van der Waals surface area contributed by atoms with Gasteiger partial charge < -0.3 is 10.6 Å². The largest absolute Gasteiger partial charge is 0.310 e. The van der Waals surface area contributed by atoms with Crippen molar-refractivity contribution in [3.05, 3.63) is 71.3 Å². The zero-order valence-electron chi connectivity index (χ0n) is 21.1. The normalized spacial score (nSPS) is 29.6. The number of benzene rings is 2. The Labute approximate surface area is 196 Å². The molecule has 0 aromatic heterocycles. The Morgan fingerprint density at radius 2 is 1.28 bits per heavy atom. The highest BCUT2D eigenvalue weighted by atomic mass is 15.0. The Hall–Kier alpha value is -1.64. The van der Waals surface area contributed by atoms with E-state index in [-0.39, 0.29) is 5.41 Å². The van der Waals surface area contributed by atoms with E-state index >= 15 is 0 Å². The van der Waals surface area contributed by atoms with Gasteiger partial charge in [0.2, 0.25) is 0 Å². The first kappa shape index (κ1) is 23.5. The van der Waals surface area contributed by atoms with Crippen LogP contribution in [-0.2, 0) is 0 Å². The van der Waals surface area contributed by atoms with E-state index in [9.17, 15) is 0 Å². The van der Waals surface area contributed by atoms with Gasteiger partial charge in [0.25, 0.3) is 0 Å². The molecule has 5 unspecified atom stereocenters. The molecule has 4 rings (SSSR count). The monoisotopic (exact) mass is 432 g/mol. The summed E-state index contributed by atoms with van der Waals surface area (Å²) in [4.78, 5) is 0. The first-order chi connectivity index (χ1) is 15.1. The molecule has 2 aromatic rings. The third kappa shape index (κ3) is 5.13. The Balaban J connectivity index is 1.60. The third-order valence-corrected chi connectivity index (χ3v) is 8.06. The van der Waals surface area contributed by atoms with Gasteiger partial charge in [-0.3, -0.25) is 0 Å². The standard InChI is InChI=1S/C30H44N2/c1-29(2,3)24-16-11-19-31-27(24)23-15-10-14-22(20-23)26-18-17-25(30(4,5)6)28(32-26)21-12-8-7-9-13-21/h7-10,12-15,20,24-28,31-32H,11,16-19H2,1-6H3. The zero-order chi connectivity index (χ0) is 22.9. The van der Waals surface area contributed by atoms with Crippen LogP contribution in [0.3, 0.4) is 0 Å². The molecule has 174 valence electrons. The number of piperidine rings is 2. The topological polar surface area (TPSA) is 24.1 Å². The fraction of sp³-hybridized carbons (Fsp3) is 0.600. The summed E-state index contributed by atoms with van der Waals surface area (Å²) in [5.74, 6) is 1.31. The van der Waals surface area contributed by atoms with Crippen LogP contribution in [0.15, 0.2) is 54.6 Å². The highest BCUT2D eigenvalue weighted by molar-refractivity contribution is 5.31. The van der Waals surface area contributed by atoms with Crippen molar-refractivity contribution in [2.45, 2.75) is 85.4 Å². The van der Waals surface area contributed by atoms with Crippen LogP contribution in [0.5, 0.6) is 0 Å². The minimum atomic E-state index is 0.284. The minimum Gasteiger partial charge on any atom is -0.310 e. The van der Waals surface area contributed by atoms with Gasteiger partial charge in [-0.1, -0.05) is 96.1 Å². The van der Waals surface area contributed by atoms with Crippen LogP contribution < -0.4 is 10.6 Å². The maximum Gasteiger partial charge on any atom is 0.0359 e. The molecule has 0 saturated carbocycles. The van der Waals surface area contributed by atoms with Gasteiger partial charge in [-0.05, 0) is 71.6 Å². The lowest BCUT2D eigenvalue weighted by Gasteiger charge is -2.45. The molecule has 0 aliphatic carbocycles. The molecule has 0 amide bonds. The lowest BCUT2D eigenvalue weighted by Crippen LogP contribution is -2.42. The summed E-state index contributed by atoms with van der Waals surface area (Å²) in [5.41, 5.74) is 4.95. The second-order valence-electron chi connectivity index (χ2n) is 12.4. The summed E-state index contributed by atoms with van der Waals surface area (Å²) in [5, 5.41) is 7.96. The van der Waals surface area contributed by atoms with Gasteiger partial charge in [0.15, 0.2) is 0 Å². The van der Waals surface area contributed by atoms with Crippen LogP contribution in [0.1, 0.15) is 102 Å². The number of hydrogen-bond acceptors (Lipinski definition) is 2. The number of rotatable bonds is 3. The zero-order valence-corrected chi connectivity index (χ0v) is 21.1. The molecule has 2 heterocycles. The van der Waals surface area contributed by atoms with Gasteiger partial charge in [-0.2, -0.15) is 0 Å². The van der Waals surface area contributed by atoms with Gasteiger partial charge >= 0.3 is 0 Å². The van der Waals surface area contributed by atoms with Crippen molar-refractivity contribution in [1.29, 1.82) is 0 Å². The van der Waals surface area contributed by atoms with Crippen molar-refractivity contribution in [1.82, 2.24) is 10.6 Å². The third-order valence-electron chi connectivity index (χ3n) is 8.06. The SMILES string of the molecule is CC(C)(C)C1CCCNC1c1cccc(C2CCC(C(C)(C)C)C(c3ccccc3)N2)c1. The second-order valence-corrected chi connectivity index (χ2v) is 12.4. The molecule has 0 spiro atoms. The molecule has 2 N–H and O–H groups in total. The Bertz CT molecular complexity index is 874. The summed E-state index contributed by atoms with van der Waals surface area (Å²) in [6, 6.07) is 21.8. The highest BCUT2D eigenvalue weighted by Gasteiger charge is 2.39. The van der Waals surface area contributed by atoms with E-state index in [1.807, 2.05) is 0 Å². The lowest BCUT2D eigenvalue weighted by molar-refractivity contribution is 0.116. The minimum absolute atomic E-state index is 0.284. The van der Waals surface area contributed by atoms with Crippen LogP contribution in [0.25, 0.3) is 0 Å². The quantitative estimate of drug-likeness (QED) is 0.522. The fourth-order valence-electron chi connectivity index (χ4n) is 6.25. The van der Waals surface area contributed by atoms with Gasteiger partial charge in [0.05, 0.1) is 0 Å². The first-order valence-electron chi connectivity index (χ1n) is 12.8. The smallest absolute Gasteiger partial charge is 0.0359 e. The van der Waals surface area contributed by atoms with E-state index in [0.717, 1.165) is 6.54 Å². The van der Waals surface area contributed by atoms with Crippen molar-refractivity contribution in [3.8, 4) is 0 Å². The van der Waals surface area contributed by atoms with E-state index in [1.54, 1.807) is 0 Å². The second kappa shape index (κ2) is 9.31. The van der Waals surface area contributed by atoms with Crippen molar-refractivity contribution in [3.63, 3.8) is 0 Å². The molecule has 2 aliphatic heterocycles. The van der Waals surface area contributed by atoms with Crippen LogP contribution in [-0.4, -0.2) is 6.54 Å². The number of nitrogens with one attached hydrogen (secondary N) is 2. The van der Waals surface area contributed by atoms with E-state index in [1.165, 1.54) is 42.4 Å². The van der Waals surface area contributed by atoms with Crippen LogP contribution in [0, 0.1) is 22.7 Å². The maximum absolute atomic E-state index is 4.09. The lowest BCUT2D eigenvalue weighted by atomic mass is 9.68. The Morgan fingerprint density at radius 3 is 1.97 bits per heavy atom. The first-order valence-corrected chi connectivity index (χ1v) is 12.8. The van der Waals surface area contributed by atoms with Crippen LogP contribution in [0.4, 0.5) is 0 Å². The molecule has 2 aliphatic rings. The van der Waals surface area contributed by atoms with Gasteiger partial charge in [0, 0.05) is 18.1 Å². The molecule has 0 radical (unpaired) electrons. The summed E-state index contributed by atoms with van der Waals surface area (Å²) in [6.07, 6.45) is 5.07. The van der Waals surface area contributed by atoms with Crippen molar-refractivity contribution in [2.24, 2.45) is 22.7 Å². The summed E-state index contributed by atoms with van der Waals surface area (Å²) in [6.45, 7) is 15.5. The summed E-state index contributed by atoms with van der Waals surface area (Å²) >= 11 is 0. The van der Waals surface area contributed by atoms with Crippen molar-refractivity contribution < 1.29 is 0 Å². The fourth-order valence-corrected chi connectivity index (χ4v) is 6.25. The van der Waals surface area contributed by atoms with Gasteiger partial charge in [0.1, 0.15) is 0 Å². The highest BCUT2D eigenvalue weighted by Crippen LogP contribution is 2.46. The van der Waals surface area contributed by atoms with E-state index in [0.29, 0.717) is 35.4 Å². The van der Waals surface area contributed by atoms with E-state index in [4.69, 9.17) is 0 Å². The molecule has 2 aromatic carbocycles. The maximum atomic E-state index is 4.09. The molecular weight excluding hydrogens is 388 g/mol. The predicted molar refractivity (Wildman–Crippen MR) is 137 cm³/mol. The van der Waals surface area contributed by atoms with Crippen molar-refractivity contribution in [2.75, 3.05) is 6.54 Å². The van der Waals surface area contributed by atoms with Gasteiger partial charge in [-0.25, -0.2) is 0 Å². The Kier molecular flexibility index (Phi) is 6.84. The molecule has 32 heavy (non-hydrogen) atoms. The Morgan fingerprint density at radius 1 is 0.656 bits per heavy atom. The van der Waals surface area contributed by atoms with E-state index < -0.39 is 0 Å². The average molecular weight is 433 g/mol. The molecule has 2 heteroatoms. The van der Waals surface area contributed by atoms with E-state index in [2.05, 4.69) is 107 Å². The predicted octanol–water partition coefficient (Wildman–Crippen LogP) is 7.60. The molecule has 0 bridgehead atoms. The number of hydrogen-bond donors (Lipinski definition) is 2.